The van der Waals surface area contributed by atoms with Crippen LogP contribution in [0.1, 0.15) is 58.3 Å². The van der Waals surface area contributed by atoms with Crippen LogP contribution in [0.3, 0.4) is 0 Å². The van der Waals surface area contributed by atoms with Crippen molar-refractivity contribution < 1.29 is 24.2 Å². The number of esters is 1. The molecule has 1 spiro atoms. The van der Waals surface area contributed by atoms with Crippen LogP contribution < -0.4 is 0 Å². The number of unbranched alkanes of at least 4 members (excludes halogenated alkanes) is 1. The second kappa shape index (κ2) is 9.34. The molecule has 4 aliphatic heterocycles. The lowest BCUT2D eigenvalue weighted by molar-refractivity contribution is -0.154. The maximum atomic E-state index is 14.3. The van der Waals surface area contributed by atoms with Gasteiger partial charge in [-0.05, 0) is 39.0 Å². The third-order valence-corrected chi connectivity index (χ3v) is 10.2. The number of cyclic esters (lactones) is 1. The fraction of sp³-hybridized carbons (Fsp3) is 0.731. The van der Waals surface area contributed by atoms with Crippen LogP contribution in [-0.4, -0.2) is 80.6 Å². The number of carbonyl (C=O) groups is 3. The summed E-state index contributed by atoms with van der Waals surface area (Å²) < 4.78 is 4.16. The zero-order valence-electron chi connectivity index (χ0n) is 20.0. The minimum Gasteiger partial charge on any atom is -0.465 e. The number of ether oxygens (including phenoxy) is 1. The maximum Gasteiger partial charge on any atom is 0.311 e. The Morgan fingerprint density at radius 1 is 1.06 bits per heavy atom. The van der Waals surface area contributed by atoms with E-state index >= 15 is 0 Å². The van der Waals surface area contributed by atoms with Gasteiger partial charge in [0.05, 0.1) is 23.2 Å². The van der Waals surface area contributed by atoms with Crippen LogP contribution in [0.15, 0.2) is 24.3 Å². The van der Waals surface area contributed by atoms with Crippen molar-refractivity contribution in [2.75, 3.05) is 26.3 Å². The van der Waals surface area contributed by atoms with Gasteiger partial charge in [-0.25, -0.2) is 0 Å². The minimum atomic E-state index is -0.802. The van der Waals surface area contributed by atoms with E-state index in [1.807, 2.05) is 17.9 Å². The summed E-state index contributed by atoms with van der Waals surface area (Å²) in [4.78, 5) is 45.3. The van der Waals surface area contributed by atoms with Crippen LogP contribution in [-0.2, 0) is 19.1 Å². The molecule has 7 nitrogen and oxygen atoms in total. The van der Waals surface area contributed by atoms with E-state index in [9.17, 15) is 19.5 Å². The molecular weight excluding hydrogens is 452 g/mol. The normalized spacial score (nSPS) is 38.2. The Balaban J connectivity index is 1.58. The predicted octanol–water partition coefficient (Wildman–Crippen LogP) is 2.68. The van der Waals surface area contributed by atoms with Gasteiger partial charge in [0.25, 0.3) is 0 Å². The van der Waals surface area contributed by atoms with Crippen molar-refractivity contribution in [1.82, 2.24) is 9.80 Å². The van der Waals surface area contributed by atoms with Crippen molar-refractivity contribution in [2.24, 2.45) is 11.8 Å². The number of likely N-dealkylation sites (tertiary alicyclic amines) is 1. The van der Waals surface area contributed by atoms with Gasteiger partial charge in [-0.1, -0.05) is 43.6 Å². The third kappa shape index (κ3) is 3.72. The number of hydrogen-bond acceptors (Lipinski definition) is 6. The van der Waals surface area contributed by atoms with Crippen LogP contribution in [0.5, 0.6) is 0 Å². The van der Waals surface area contributed by atoms with E-state index in [0.717, 1.165) is 25.7 Å². The van der Waals surface area contributed by atoms with Crippen LogP contribution in [0.2, 0.25) is 0 Å². The summed E-state index contributed by atoms with van der Waals surface area (Å²) in [5, 5.41) is 9.33. The highest BCUT2D eigenvalue weighted by Gasteiger charge is 2.73. The summed E-state index contributed by atoms with van der Waals surface area (Å²) in [6.45, 7) is 3.34. The number of thioether (sulfide) groups is 1. The Hall–Kier alpha value is -1.80. The highest BCUT2D eigenvalue weighted by molar-refractivity contribution is 8.02. The number of fused-ring (bicyclic) bond motifs is 2. The Kier molecular flexibility index (Phi) is 6.57. The monoisotopic (exact) mass is 488 g/mol. The molecule has 5 rings (SSSR count). The number of hydrogen-bond donors (Lipinski definition) is 1. The van der Waals surface area contributed by atoms with E-state index in [2.05, 4.69) is 18.2 Å². The lowest BCUT2D eigenvalue weighted by Crippen LogP contribution is -2.55. The summed E-state index contributed by atoms with van der Waals surface area (Å²) in [6.07, 6.45) is 15.6. The molecule has 0 aromatic heterocycles. The largest absolute Gasteiger partial charge is 0.465 e. The van der Waals surface area contributed by atoms with Gasteiger partial charge in [0, 0.05) is 30.5 Å². The van der Waals surface area contributed by atoms with Crippen LogP contribution in [0.4, 0.5) is 0 Å². The Labute approximate surface area is 205 Å². The standard InChI is InChI=1S/C26H36N2O5S/c1-25-12-5-8-17-33-24(32)20(25)19-22(30)28(14-6-7-16-29)21-23(31)27(18-10-3-2-4-11-18)15-9-13-26(19,21)34-25/h5,9,12-13,18-21,29H,2-4,6-8,10-11,14-17H2,1H3/t19-,20-,21?,25+,26-/m0/s1. The van der Waals surface area contributed by atoms with Crippen molar-refractivity contribution in [3.63, 3.8) is 0 Å². The molecule has 0 aromatic carbocycles. The number of aliphatic hydroxyl groups excluding tert-OH is 1. The molecule has 186 valence electrons. The molecule has 1 N–H and O–H groups in total. The summed E-state index contributed by atoms with van der Waals surface area (Å²) in [6, 6.07) is -0.435. The molecule has 2 amide bonds. The summed E-state index contributed by atoms with van der Waals surface area (Å²) >= 11 is 1.60. The lowest BCUT2D eigenvalue weighted by atomic mass is 9.74. The molecule has 3 fully saturated rings. The molecule has 1 unspecified atom stereocenters. The summed E-state index contributed by atoms with van der Waals surface area (Å²) in [5.41, 5.74) is 0. The molecule has 5 aliphatic rings. The second-order valence-electron chi connectivity index (χ2n) is 10.5. The molecular formula is C26H36N2O5S. The minimum absolute atomic E-state index is 0.0134. The number of carbonyl (C=O) groups excluding carboxylic acids is 3. The van der Waals surface area contributed by atoms with Crippen LogP contribution in [0, 0.1) is 11.8 Å². The molecule has 4 heterocycles. The number of nitrogens with zero attached hydrogens (tertiary/aromatic N) is 2. The fourth-order valence-corrected chi connectivity index (χ4v) is 9.01. The van der Waals surface area contributed by atoms with Crippen molar-refractivity contribution in [1.29, 1.82) is 0 Å². The number of aliphatic hydroxyl groups is 1. The van der Waals surface area contributed by atoms with Crippen molar-refractivity contribution in [3.05, 3.63) is 24.3 Å². The highest BCUT2D eigenvalue weighted by atomic mass is 32.2. The van der Waals surface area contributed by atoms with Crippen LogP contribution >= 0.6 is 11.8 Å². The summed E-state index contributed by atoms with van der Waals surface area (Å²) in [5.74, 6) is -1.72. The third-order valence-electron chi connectivity index (χ3n) is 8.37. The first kappa shape index (κ1) is 23.9. The summed E-state index contributed by atoms with van der Waals surface area (Å²) in [7, 11) is 0. The molecule has 0 radical (unpaired) electrons. The van der Waals surface area contributed by atoms with E-state index in [-0.39, 0.29) is 30.4 Å². The van der Waals surface area contributed by atoms with Gasteiger partial charge < -0.3 is 19.6 Å². The van der Waals surface area contributed by atoms with E-state index in [1.165, 1.54) is 6.42 Å². The van der Waals surface area contributed by atoms with Crippen molar-refractivity contribution in [2.45, 2.75) is 79.9 Å². The molecule has 1 aliphatic carbocycles. The van der Waals surface area contributed by atoms with Crippen molar-refractivity contribution in [3.8, 4) is 0 Å². The molecule has 1 saturated carbocycles. The van der Waals surface area contributed by atoms with Gasteiger partial charge in [-0.3, -0.25) is 14.4 Å². The Morgan fingerprint density at radius 2 is 1.85 bits per heavy atom. The van der Waals surface area contributed by atoms with E-state index in [1.54, 1.807) is 16.7 Å². The molecule has 2 saturated heterocycles. The smallest absolute Gasteiger partial charge is 0.311 e. The average Bonchev–Trinajstić information content (AvgIpc) is 3.13. The Bertz CT molecular complexity index is 900. The first-order chi connectivity index (χ1) is 16.4. The zero-order valence-corrected chi connectivity index (χ0v) is 20.8. The van der Waals surface area contributed by atoms with Gasteiger partial charge >= 0.3 is 5.97 Å². The topological polar surface area (TPSA) is 87.1 Å². The van der Waals surface area contributed by atoms with Crippen molar-refractivity contribution >= 4 is 29.5 Å². The van der Waals surface area contributed by atoms with Gasteiger partial charge in [-0.15, -0.1) is 11.8 Å². The second-order valence-corrected chi connectivity index (χ2v) is 12.3. The quantitative estimate of drug-likeness (QED) is 0.364. The zero-order chi connectivity index (χ0) is 23.9. The first-order valence-electron chi connectivity index (χ1n) is 12.9. The lowest BCUT2D eigenvalue weighted by Gasteiger charge is -2.40. The Morgan fingerprint density at radius 3 is 2.62 bits per heavy atom. The number of amides is 2. The van der Waals surface area contributed by atoms with Crippen LogP contribution in [0.25, 0.3) is 0 Å². The van der Waals surface area contributed by atoms with Gasteiger partial charge in [-0.2, -0.15) is 0 Å². The maximum absolute atomic E-state index is 14.3. The first-order valence-corrected chi connectivity index (χ1v) is 13.7. The fourth-order valence-electron chi connectivity index (χ4n) is 6.86. The average molecular weight is 489 g/mol. The van der Waals surface area contributed by atoms with E-state index in [0.29, 0.717) is 39.0 Å². The van der Waals surface area contributed by atoms with E-state index < -0.39 is 27.4 Å². The molecule has 0 bridgehead atoms. The van der Waals surface area contributed by atoms with Gasteiger partial charge in [0.15, 0.2) is 0 Å². The van der Waals surface area contributed by atoms with Gasteiger partial charge in [0.2, 0.25) is 11.8 Å². The predicted molar refractivity (Wildman–Crippen MR) is 130 cm³/mol. The molecule has 34 heavy (non-hydrogen) atoms. The molecule has 0 aromatic rings. The van der Waals surface area contributed by atoms with Gasteiger partial charge in [0.1, 0.15) is 6.04 Å². The molecule has 5 atom stereocenters. The highest BCUT2D eigenvalue weighted by Crippen LogP contribution is 2.65. The number of rotatable bonds is 5. The SMILES string of the molecule is C[C@@]12C=CCCOC(=O)[C@@H]1[C@H]1C(=O)N(CCCCO)C3C(=O)N(C4CCCCC4)CC=C[C@@]31S2. The van der Waals surface area contributed by atoms with E-state index in [4.69, 9.17) is 4.74 Å². The molecule has 8 heteroatoms.